The largest absolute Gasteiger partial charge is 0.486 e. The van der Waals surface area contributed by atoms with Gasteiger partial charge in [0.1, 0.15) is 11.4 Å². The number of ether oxygens (including phenoxy) is 1. The molecular weight excluding hydrogens is 320 g/mol. The van der Waals surface area contributed by atoms with Crippen molar-refractivity contribution in [3.05, 3.63) is 23.8 Å². The predicted molar refractivity (Wildman–Crippen MR) is 71.9 cm³/mol. The van der Waals surface area contributed by atoms with E-state index in [0.29, 0.717) is 11.3 Å². The Kier molecular flexibility index (Phi) is 3.24. The first kappa shape index (κ1) is 13.8. The number of sulfone groups is 1. The molecule has 1 aliphatic heterocycles. The van der Waals surface area contributed by atoms with Crippen LogP contribution in [0.5, 0.6) is 5.75 Å². The maximum Gasteiger partial charge on any atom is 0.175 e. The van der Waals surface area contributed by atoms with E-state index >= 15 is 0 Å². The Morgan fingerprint density at radius 1 is 1.39 bits per heavy atom. The molecule has 0 saturated carbocycles. The second kappa shape index (κ2) is 4.21. The van der Waals surface area contributed by atoms with Crippen LogP contribution in [0.4, 0.5) is 0 Å². The summed E-state index contributed by atoms with van der Waals surface area (Å²) < 4.78 is 28.8. The topological polar surface area (TPSA) is 63.6 Å². The Morgan fingerprint density at radius 3 is 2.56 bits per heavy atom. The van der Waals surface area contributed by atoms with Crippen LogP contribution in [0.15, 0.2) is 23.1 Å². The van der Waals surface area contributed by atoms with E-state index < -0.39 is 21.5 Å². The van der Waals surface area contributed by atoms with Crippen LogP contribution in [-0.2, 0) is 9.84 Å². The van der Waals surface area contributed by atoms with Crippen molar-refractivity contribution < 1.29 is 18.3 Å². The standard InChI is InChI=1S/C12H15BrO4S/c1-12(2)11(13)10(14)8-6-7(18(3,15)16)4-5-9(8)17-12/h4-6,10-11,14H,1-3H3/t10-,11+/m0/s1. The van der Waals surface area contributed by atoms with E-state index in [9.17, 15) is 13.5 Å². The van der Waals surface area contributed by atoms with Gasteiger partial charge in [0.25, 0.3) is 0 Å². The monoisotopic (exact) mass is 334 g/mol. The zero-order valence-electron chi connectivity index (χ0n) is 10.3. The van der Waals surface area contributed by atoms with Crippen LogP contribution >= 0.6 is 15.9 Å². The van der Waals surface area contributed by atoms with Crippen LogP contribution in [0.1, 0.15) is 25.5 Å². The minimum Gasteiger partial charge on any atom is -0.486 e. The second-order valence-corrected chi connectivity index (χ2v) is 8.03. The molecule has 1 heterocycles. The number of rotatable bonds is 1. The van der Waals surface area contributed by atoms with Crippen molar-refractivity contribution in [1.29, 1.82) is 0 Å². The Labute approximate surface area is 115 Å². The molecule has 0 saturated heterocycles. The molecule has 1 aliphatic rings. The van der Waals surface area contributed by atoms with Crippen LogP contribution in [0, 0.1) is 0 Å². The molecule has 0 unspecified atom stereocenters. The van der Waals surface area contributed by atoms with Gasteiger partial charge in [-0.25, -0.2) is 8.42 Å². The fraction of sp³-hybridized carbons (Fsp3) is 0.500. The summed E-state index contributed by atoms with van der Waals surface area (Å²) in [6, 6.07) is 4.56. The first-order valence-electron chi connectivity index (χ1n) is 5.48. The minimum absolute atomic E-state index is 0.184. The summed E-state index contributed by atoms with van der Waals surface area (Å²) in [5.41, 5.74) is -0.0573. The van der Waals surface area contributed by atoms with Gasteiger partial charge in [-0.2, -0.15) is 0 Å². The summed E-state index contributed by atoms with van der Waals surface area (Å²) in [7, 11) is -3.29. The third-order valence-electron chi connectivity index (χ3n) is 3.04. The van der Waals surface area contributed by atoms with Gasteiger partial charge in [0.2, 0.25) is 0 Å². The molecule has 4 nitrogen and oxygen atoms in total. The van der Waals surface area contributed by atoms with Gasteiger partial charge in [-0.05, 0) is 32.0 Å². The highest BCUT2D eigenvalue weighted by molar-refractivity contribution is 9.09. The van der Waals surface area contributed by atoms with Crippen LogP contribution < -0.4 is 4.74 Å². The summed E-state index contributed by atoms with van der Waals surface area (Å²) in [6.07, 6.45) is 0.339. The van der Waals surface area contributed by atoms with Gasteiger partial charge >= 0.3 is 0 Å². The van der Waals surface area contributed by atoms with Crippen molar-refractivity contribution in [3.8, 4) is 5.75 Å². The van der Waals surface area contributed by atoms with Crippen LogP contribution in [0.3, 0.4) is 0 Å². The van der Waals surface area contributed by atoms with Crippen LogP contribution in [-0.4, -0.2) is 30.2 Å². The maximum absolute atomic E-state index is 11.5. The molecule has 100 valence electrons. The fourth-order valence-corrected chi connectivity index (χ4v) is 2.99. The summed E-state index contributed by atoms with van der Waals surface area (Å²) >= 11 is 3.40. The molecule has 2 rings (SSSR count). The molecule has 1 aromatic rings. The van der Waals surface area contributed by atoms with Gasteiger partial charge in [-0.3, -0.25) is 0 Å². The highest BCUT2D eigenvalue weighted by Crippen LogP contribution is 2.43. The van der Waals surface area contributed by atoms with Crippen molar-refractivity contribution in [2.24, 2.45) is 0 Å². The Bertz CT molecular complexity index is 580. The average Bonchev–Trinajstić information content (AvgIpc) is 2.24. The molecule has 1 aromatic carbocycles. The Hall–Kier alpha value is -0.590. The Balaban J connectivity index is 2.56. The van der Waals surface area contributed by atoms with Gasteiger partial charge in [0.15, 0.2) is 9.84 Å². The van der Waals surface area contributed by atoms with E-state index in [-0.39, 0.29) is 9.72 Å². The number of halogens is 1. The van der Waals surface area contributed by atoms with Crippen molar-refractivity contribution in [1.82, 2.24) is 0 Å². The quantitative estimate of drug-likeness (QED) is 0.798. The number of hydrogen-bond acceptors (Lipinski definition) is 4. The summed E-state index contributed by atoms with van der Waals surface area (Å²) in [6.45, 7) is 3.73. The molecule has 0 bridgehead atoms. The highest BCUT2D eigenvalue weighted by Gasteiger charge is 2.41. The van der Waals surface area contributed by atoms with Gasteiger partial charge in [-0.15, -0.1) is 0 Å². The molecule has 0 amide bonds. The summed E-state index contributed by atoms with van der Waals surface area (Å²) in [5.74, 6) is 0.524. The van der Waals surface area contributed by atoms with Crippen LogP contribution in [0.25, 0.3) is 0 Å². The van der Waals surface area contributed by atoms with Crippen LogP contribution in [0.2, 0.25) is 0 Å². The zero-order chi connectivity index (χ0) is 13.7. The smallest absolute Gasteiger partial charge is 0.175 e. The zero-order valence-corrected chi connectivity index (χ0v) is 12.7. The number of hydrogen-bond donors (Lipinski definition) is 1. The number of aliphatic hydroxyl groups excluding tert-OH is 1. The second-order valence-electron chi connectivity index (χ2n) is 5.02. The molecule has 1 N–H and O–H groups in total. The molecular formula is C12H15BrO4S. The lowest BCUT2D eigenvalue weighted by Crippen LogP contribution is -2.45. The average molecular weight is 335 g/mol. The first-order valence-corrected chi connectivity index (χ1v) is 8.29. The molecule has 6 heteroatoms. The van der Waals surface area contributed by atoms with Gasteiger partial charge in [-0.1, -0.05) is 15.9 Å². The number of benzene rings is 1. The van der Waals surface area contributed by atoms with E-state index in [1.165, 1.54) is 12.1 Å². The molecule has 0 fully saturated rings. The lowest BCUT2D eigenvalue weighted by molar-refractivity contribution is 0.0223. The fourth-order valence-electron chi connectivity index (χ4n) is 1.96. The highest BCUT2D eigenvalue weighted by atomic mass is 79.9. The van der Waals surface area contributed by atoms with Crippen molar-refractivity contribution in [3.63, 3.8) is 0 Å². The van der Waals surface area contributed by atoms with E-state index in [4.69, 9.17) is 4.74 Å². The van der Waals surface area contributed by atoms with E-state index in [2.05, 4.69) is 15.9 Å². The lowest BCUT2D eigenvalue weighted by Gasteiger charge is -2.40. The Morgan fingerprint density at radius 2 is 2.00 bits per heavy atom. The predicted octanol–water partition coefficient (Wildman–Crippen LogP) is 2.06. The normalized spacial score (nSPS) is 26.3. The van der Waals surface area contributed by atoms with Gasteiger partial charge < -0.3 is 9.84 Å². The summed E-state index contributed by atoms with van der Waals surface area (Å²) in [4.78, 5) is -0.115. The third kappa shape index (κ3) is 2.29. The molecule has 2 atom stereocenters. The van der Waals surface area contributed by atoms with E-state index in [0.717, 1.165) is 6.26 Å². The molecule has 0 radical (unpaired) electrons. The minimum atomic E-state index is -3.29. The molecule has 0 aliphatic carbocycles. The third-order valence-corrected chi connectivity index (χ3v) is 5.76. The van der Waals surface area contributed by atoms with Gasteiger partial charge in [0, 0.05) is 11.8 Å². The first-order chi connectivity index (χ1) is 8.13. The van der Waals surface area contributed by atoms with Gasteiger partial charge in [0.05, 0.1) is 15.8 Å². The maximum atomic E-state index is 11.5. The number of aliphatic hydroxyl groups is 1. The lowest BCUT2D eigenvalue weighted by atomic mass is 9.91. The molecule has 0 aromatic heterocycles. The molecule has 18 heavy (non-hydrogen) atoms. The number of fused-ring (bicyclic) bond motifs is 1. The van der Waals surface area contributed by atoms with E-state index in [1.54, 1.807) is 6.07 Å². The van der Waals surface area contributed by atoms with Crippen molar-refractivity contribution in [2.75, 3.05) is 6.26 Å². The summed E-state index contributed by atoms with van der Waals surface area (Å²) in [5, 5.41) is 10.2. The van der Waals surface area contributed by atoms with Crippen molar-refractivity contribution >= 4 is 25.8 Å². The van der Waals surface area contributed by atoms with E-state index in [1.807, 2.05) is 13.8 Å². The molecule has 0 spiro atoms. The number of alkyl halides is 1. The SMILES string of the molecule is CC1(C)Oc2ccc(S(C)(=O)=O)cc2[C@H](O)[C@H]1Br. The van der Waals surface area contributed by atoms with Crippen molar-refractivity contribution in [2.45, 2.75) is 35.3 Å².